The number of benzene rings is 1. The van der Waals surface area contributed by atoms with Gasteiger partial charge in [0.15, 0.2) is 0 Å². The molecule has 0 amide bonds. The van der Waals surface area contributed by atoms with Gasteiger partial charge in [0, 0.05) is 11.5 Å². The van der Waals surface area contributed by atoms with Crippen LogP contribution in [-0.2, 0) is 4.79 Å². The number of carbonyl (C=O) groups excluding carboxylic acids is 1. The summed E-state index contributed by atoms with van der Waals surface area (Å²) in [6, 6.07) is 6.38. The molecule has 0 N–H and O–H groups in total. The monoisotopic (exact) mass is 226 g/mol. The number of rotatable bonds is 4. The van der Waals surface area contributed by atoms with Crippen LogP contribution in [0.1, 0.15) is 23.8 Å². The molecule has 2 rings (SSSR count). The highest BCUT2D eigenvalue weighted by Gasteiger charge is 2.37. The standard InChI is InChI=1S/C12H12ClFO/c13-12(10(7-15)8-5-6-8)9-3-1-2-4-11(9)14/h1-4,7-8,10,12H,5-6H2. The lowest BCUT2D eigenvalue weighted by Crippen LogP contribution is -2.13. The van der Waals surface area contributed by atoms with E-state index in [0.717, 1.165) is 19.1 Å². The summed E-state index contributed by atoms with van der Waals surface area (Å²) in [6.07, 6.45) is 2.92. The van der Waals surface area contributed by atoms with Crippen molar-refractivity contribution < 1.29 is 9.18 Å². The predicted octanol–water partition coefficient (Wildman–Crippen LogP) is 3.33. The van der Waals surface area contributed by atoms with Gasteiger partial charge in [-0.3, -0.25) is 0 Å². The minimum Gasteiger partial charge on any atom is -0.303 e. The van der Waals surface area contributed by atoms with Gasteiger partial charge in [0.2, 0.25) is 0 Å². The molecular weight excluding hydrogens is 215 g/mol. The fourth-order valence-corrected chi connectivity index (χ4v) is 2.25. The average molecular weight is 227 g/mol. The van der Waals surface area contributed by atoms with Crippen molar-refractivity contribution in [3.05, 3.63) is 35.6 Å². The van der Waals surface area contributed by atoms with E-state index in [0.29, 0.717) is 11.5 Å². The summed E-state index contributed by atoms with van der Waals surface area (Å²) < 4.78 is 13.4. The highest BCUT2D eigenvalue weighted by atomic mass is 35.5. The first-order valence-electron chi connectivity index (χ1n) is 5.08. The Hall–Kier alpha value is -0.890. The van der Waals surface area contributed by atoms with E-state index >= 15 is 0 Å². The summed E-state index contributed by atoms with van der Waals surface area (Å²) in [5.41, 5.74) is 0.433. The molecule has 80 valence electrons. The maximum Gasteiger partial charge on any atom is 0.127 e. The van der Waals surface area contributed by atoms with Crippen LogP contribution in [0.25, 0.3) is 0 Å². The largest absolute Gasteiger partial charge is 0.303 e. The third kappa shape index (κ3) is 2.20. The molecule has 15 heavy (non-hydrogen) atoms. The molecule has 1 fully saturated rings. The number of aldehydes is 1. The van der Waals surface area contributed by atoms with Crippen molar-refractivity contribution in [1.82, 2.24) is 0 Å². The zero-order valence-corrected chi connectivity index (χ0v) is 8.95. The molecule has 1 saturated carbocycles. The molecule has 1 aromatic carbocycles. The van der Waals surface area contributed by atoms with Crippen LogP contribution in [0.4, 0.5) is 4.39 Å². The number of alkyl halides is 1. The van der Waals surface area contributed by atoms with Crippen LogP contribution in [0.2, 0.25) is 0 Å². The van der Waals surface area contributed by atoms with Gasteiger partial charge in [0.05, 0.1) is 5.38 Å². The second-order valence-electron chi connectivity index (χ2n) is 3.97. The van der Waals surface area contributed by atoms with Crippen molar-refractivity contribution in [2.75, 3.05) is 0 Å². The van der Waals surface area contributed by atoms with E-state index in [1.165, 1.54) is 6.07 Å². The number of hydrogen-bond donors (Lipinski definition) is 0. The average Bonchev–Trinajstić information content (AvgIpc) is 3.03. The Bertz CT molecular complexity index is 362. The van der Waals surface area contributed by atoms with Crippen LogP contribution in [-0.4, -0.2) is 6.29 Å². The lowest BCUT2D eigenvalue weighted by atomic mass is 9.95. The maximum absolute atomic E-state index is 13.4. The van der Waals surface area contributed by atoms with E-state index in [1.807, 2.05) is 0 Å². The van der Waals surface area contributed by atoms with Gasteiger partial charge >= 0.3 is 0 Å². The normalized spacial score (nSPS) is 19.6. The molecule has 0 aromatic heterocycles. The summed E-state index contributed by atoms with van der Waals surface area (Å²) >= 11 is 6.14. The third-order valence-electron chi connectivity index (χ3n) is 2.86. The van der Waals surface area contributed by atoms with Crippen LogP contribution in [0.5, 0.6) is 0 Å². The first kappa shape index (κ1) is 10.6. The fraction of sp³-hybridized carbons (Fsp3) is 0.417. The van der Waals surface area contributed by atoms with Gasteiger partial charge in [-0.25, -0.2) is 4.39 Å². The predicted molar refractivity (Wildman–Crippen MR) is 57.3 cm³/mol. The minimum absolute atomic E-state index is 0.247. The van der Waals surface area contributed by atoms with Crippen molar-refractivity contribution in [3.8, 4) is 0 Å². The van der Waals surface area contributed by atoms with Crippen LogP contribution in [0.3, 0.4) is 0 Å². The molecule has 2 unspecified atom stereocenters. The Balaban J connectivity index is 2.22. The van der Waals surface area contributed by atoms with Crippen molar-refractivity contribution in [2.24, 2.45) is 11.8 Å². The van der Waals surface area contributed by atoms with E-state index < -0.39 is 5.38 Å². The molecular formula is C12H12ClFO. The number of halogens is 2. The van der Waals surface area contributed by atoms with Gasteiger partial charge in [-0.05, 0) is 24.8 Å². The molecule has 0 bridgehead atoms. The molecule has 1 aliphatic rings. The molecule has 3 heteroatoms. The van der Waals surface area contributed by atoms with Crippen LogP contribution >= 0.6 is 11.6 Å². The Labute approximate surface area is 93.2 Å². The van der Waals surface area contributed by atoms with Crippen molar-refractivity contribution in [2.45, 2.75) is 18.2 Å². The van der Waals surface area contributed by atoms with Gasteiger partial charge in [0.1, 0.15) is 12.1 Å². The Morgan fingerprint density at radius 1 is 1.40 bits per heavy atom. The Morgan fingerprint density at radius 3 is 2.60 bits per heavy atom. The SMILES string of the molecule is O=CC(C1CC1)C(Cl)c1ccccc1F. The lowest BCUT2D eigenvalue weighted by molar-refractivity contribution is -0.111. The molecule has 0 spiro atoms. The minimum atomic E-state index is -0.531. The molecule has 0 radical (unpaired) electrons. The molecule has 0 heterocycles. The number of carbonyl (C=O) groups is 1. The topological polar surface area (TPSA) is 17.1 Å². The Morgan fingerprint density at radius 2 is 2.07 bits per heavy atom. The summed E-state index contributed by atoms with van der Waals surface area (Å²) in [5, 5.41) is -0.531. The summed E-state index contributed by atoms with van der Waals surface area (Å²) in [7, 11) is 0. The zero-order valence-electron chi connectivity index (χ0n) is 8.20. The second-order valence-corrected chi connectivity index (χ2v) is 4.44. The van der Waals surface area contributed by atoms with Gasteiger partial charge in [-0.1, -0.05) is 18.2 Å². The highest BCUT2D eigenvalue weighted by Crippen LogP contribution is 2.44. The van der Waals surface area contributed by atoms with Crippen molar-refractivity contribution in [3.63, 3.8) is 0 Å². The van der Waals surface area contributed by atoms with Crippen molar-refractivity contribution in [1.29, 1.82) is 0 Å². The first-order chi connectivity index (χ1) is 7.24. The summed E-state index contributed by atoms with van der Waals surface area (Å²) in [6.45, 7) is 0. The van der Waals surface area contributed by atoms with Crippen LogP contribution in [0, 0.1) is 17.7 Å². The van der Waals surface area contributed by atoms with Crippen LogP contribution < -0.4 is 0 Å². The second kappa shape index (κ2) is 4.31. The molecule has 0 aliphatic heterocycles. The summed E-state index contributed by atoms with van der Waals surface area (Å²) in [4.78, 5) is 10.9. The van der Waals surface area contributed by atoms with E-state index in [4.69, 9.17) is 11.6 Å². The quantitative estimate of drug-likeness (QED) is 0.569. The molecule has 2 atom stereocenters. The van der Waals surface area contributed by atoms with E-state index in [2.05, 4.69) is 0 Å². The maximum atomic E-state index is 13.4. The van der Waals surface area contributed by atoms with Gasteiger partial charge < -0.3 is 4.79 Å². The fourth-order valence-electron chi connectivity index (χ4n) is 1.81. The Kier molecular flexibility index (Phi) is 3.06. The number of hydrogen-bond acceptors (Lipinski definition) is 1. The molecule has 1 aromatic rings. The van der Waals surface area contributed by atoms with Crippen molar-refractivity contribution >= 4 is 17.9 Å². The first-order valence-corrected chi connectivity index (χ1v) is 5.51. The zero-order chi connectivity index (χ0) is 10.8. The van der Waals surface area contributed by atoms with E-state index in [9.17, 15) is 9.18 Å². The molecule has 1 aliphatic carbocycles. The van der Waals surface area contributed by atoms with Gasteiger partial charge in [-0.2, -0.15) is 0 Å². The van der Waals surface area contributed by atoms with E-state index in [1.54, 1.807) is 18.2 Å². The van der Waals surface area contributed by atoms with Gasteiger partial charge in [-0.15, -0.1) is 11.6 Å². The molecule has 0 saturated heterocycles. The molecule has 1 nitrogen and oxygen atoms in total. The van der Waals surface area contributed by atoms with E-state index in [-0.39, 0.29) is 11.7 Å². The smallest absolute Gasteiger partial charge is 0.127 e. The highest BCUT2D eigenvalue weighted by molar-refractivity contribution is 6.21. The van der Waals surface area contributed by atoms with Gasteiger partial charge in [0.25, 0.3) is 0 Å². The lowest BCUT2D eigenvalue weighted by Gasteiger charge is -2.16. The third-order valence-corrected chi connectivity index (χ3v) is 3.39. The summed E-state index contributed by atoms with van der Waals surface area (Å²) in [5.74, 6) is -0.224. The van der Waals surface area contributed by atoms with Crippen LogP contribution in [0.15, 0.2) is 24.3 Å².